The van der Waals surface area contributed by atoms with E-state index in [0.717, 1.165) is 0 Å². The SMILES string of the molecule is C[C@H](N)[C@@H]1C[C@@H](O)[C@@H](N)[C@@H](C2[C@@H](N)C[C@@H](N)[C@H](O)[C@H]2O[C@@H]2O[C@H](CO)[C@@H](O[C@H]3O[C@@H](CN)[C@@H](O)[C@H](O)[C@H]3N)[C@H]2O)O1. The Balaban J connectivity index is 1.54. The van der Waals surface area contributed by atoms with Gasteiger partial charge in [0, 0.05) is 37.0 Å². The van der Waals surface area contributed by atoms with Crippen LogP contribution in [-0.2, 0) is 23.7 Å². The van der Waals surface area contributed by atoms with Gasteiger partial charge in [-0.15, -0.1) is 0 Å². The molecule has 41 heavy (non-hydrogen) atoms. The molecule has 0 aromatic heterocycles. The summed E-state index contributed by atoms with van der Waals surface area (Å²) < 4.78 is 29.5. The van der Waals surface area contributed by atoms with Crippen LogP contribution in [0.15, 0.2) is 0 Å². The highest BCUT2D eigenvalue weighted by molar-refractivity contribution is 5.06. The van der Waals surface area contributed by atoms with E-state index in [1.54, 1.807) is 6.92 Å². The Kier molecular flexibility index (Phi) is 11.0. The first-order valence-electron chi connectivity index (χ1n) is 14.1. The summed E-state index contributed by atoms with van der Waals surface area (Å²) >= 11 is 0. The first-order valence-corrected chi connectivity index (χ1v) is 14.1. The summed E-state index contributed by atoms with van der Waals surface area (Å²) in [7, 11) is 0. The van der Waals surface area contributed by atoms with Gasteiger partial charge in [-0.3, -0.25) is 0 Å². The maximum atomic E-state index is 11.2. The molecule has 3 heterocycles. The molecule has 18 N–H and O–H groups in total. The van der Waals surface area contributed by atoms with Crippen molar-refractivity contribution in [2.24, 2.45) is 40.3 Å². The van der Waals surface area contributed by atoms with Crippen molar-refractivity contribution in [3.63, 3.8) is 0 Å². The summed E-state index contributed by atoms with van der Waals surface area (Å²) in [4.78, 5) is 0. The molecular formula is C24H48N6O11. The number of nitrogens with two attached hydrogens (primary N) is 6. The van der Waals surface area contributed by atoms with Gasteiger partial charge in [-0.1, -0.05) is 0 Å². The first kappa shape index (κ1) is 33.2. The zero-order chi connectivity index (χ0) is 30.3. The molecule has 17 heteroatoms. The molecule has 3 aliphatic heterocycles. The van der Waals surface area contributed by atoms with Gasteiger partial charge in [-0.2, -0.15) is 0 Å². The van der Waals surface area contributed by atoms with Crippen molar-refractivity contribution in [3.05, 3.63) is 0 Å². The molecule has 4 rings (SSSR count). The second-order valence-electron chi connectivity index (χ2n) is 11.8. The van der Waals surface area contributed by atoms with E-state index in [4.69, 9.17) is 58.1 Å². The Bertz CT molecular complexity index is 850. The van der Waals surface area contributed by atoms with Crippen LogP contribution in [0.3, 0.4) is 0 Å². The van der Waals surface area contributed by atoms with E-state index < -0.39 is 122 Å². The number of aliphatic hydroxyl groups excluding tert-OH is 6. The van der Waals surface area contributed by atoms with Gasteiger partial charge in [0.2, 0.25) is 0 Å². The van der Waals surface area contributed by atoms with Crippen molar-refractivity contribution in [3.8, 4) is 0 Å². The fourth-order valence-electron chi connectivity index (χ4n) is 6.29. The summed E-state index contributed by atoms with van der Waals surface area (Å²) in [5.74, 6) is -0.795. The van der Waals surface area contributed by atoms with Crippen molar-refractivity contribution in [2.75, 3.05) is 13.2 Å². The van der Waals surface area contributed by atoms with Crippen LogP contribution in [0, 0.1) is 5.92 Å². The van der Waals surface area contributed by atoms with E-state index in [2.05, 4.69) is 0 Å². The lowest BCUT2D eigenvalue weighted by Gasteiger charge is -2.50. The predicted molar refractivity (Wildman–Crippen MR) is 140 cm³/mol. The molecule has 0 radical (unpaired) electrons. The van der Waals surface area contributed by atoms with E-state index in [1.165, 1.54) is 0 Å². The Morgan fingerprint density at radius 1 is 0.756 bits per heavy atom. The first-order chi connectivity index (χ1) is 19.3. The minimum absolute atomic E-state index is 0.144. The smallest absolute Gasteiger partial charge is 0.187 e. The van der Waals surface area contributed by atoms with E-state index in [1.807, 2.05) is 0 Å². The van der Waals surface area contributed by atoms with E-state index >= 15 is 0 Å². The van der Waals surface area contributed by atoms with Crippen molar-refractivity contribution < 1.29 is 54.3 Å². The minimum atomic E-state index is -1.55. The number of aliphatic hydroxyl groups is 6. The highest BCUT2D eigenvalue weighted by Crippen LogP contribution is 2.38. The van der Waals surface area contributed by atoms with Crippen molar-refractivity contribution in [1.29, 1.82) is 0 Å². The van der Waals surface area contributed by atoms with Crippen LogP contribution < -0.4 is 34.4 Å². The van der Waals surface area contributed by atoms with Crippen LogP contribution in [0.5, 0.6) is 0 Å². The maximum Gasteiger partial charge on any atom is 0.187 e. The third-order valence-corrected chi connectivity index (χ3v) is 8.82. The average Bonchev–Trinajstić information content (AvgIpc) is 3.22. The Morgan fingerprint density at radius 3 is 2.00 bits per heavy atom. The second kappa shape index (κ2) is 13.5. The summed E-state index contributed by atoms with van der Waals surface area (Å²) in [6, 6.07) is -4.00. The molecule has 3 saturated heterocycles. The Hall–Kier alpha value is -0.680. The van der Waals surface area contributed by atoms with Crippen molar-refractivity contribution >= 4 is 0 Å². The predicted octanol–water partition coefficient (Wildman–Crippen LogP) is -7.20. The van der Waals surface area contributed by atoms with Gasteiger partial charge in [0.25, 0.3) is 0 Å². The summed E-state index contributed by atoms with van der Waals surface area (Å²) in [6.07, 6.45) is -14.9. The van der Waals surface area contributed by atoms with Crippen LogP contribution in [0.2, 0.25) is 0 Å². The van der Waals surface area contributed by atoms with Gasteiger partial charge in [0.05, 0.1) is 49.2 Å². The second-order valence-corrected chi connectivity index (χ2v) is 11.8. The normalized spacial score (nSPS) is 53.8. The zero-order valence-electron chi connectivity index (χ0n) is 23.0. The molecule has 0 amide bonds. The number of hydrogen-bond donors (Lipinski definition) is 12. The van der Waals surface area contributed by atoms with Gasteiger partial charge >= 0.3 is 0 Å². The lowest BCUT2D eigenvalue weighted by Crippen LogP contribution is -2.69. The molecule has 0 aromatic carbocycles. The monoisotopic (exact) mass is 596 g/mol. The summed E-state index contributed by atoms with van der Waals surface area (Å²) in [5, 5.41) is 63.4. The number of rotatable bonds is 8. The maximum absolute atomic E-state index is 11.2. The van der Waals surface area contributed by atoms with Crippen LogP contribution >= 0.6 is 0 Å². The Labute approximate surface area is 237 Å². The largest absolute Gasteiger partial charge is 0.394 e. The van der Waals surface area contributed by atoms with E-state index in [-0.39, 0.29) is 19.4 Å². The average molecular weight is 597 g/mol. The molecule has 1 aliphatic carbocycles. The van der Waals surface area contributed by atoms with E-state index in [0.29, 0.717) is 0 Å². The lowest BCUT2D eigenvalue weighted by atomic mass is 9.72. The minimum Gasteiger partial charge on any atom is -0.394 e. The fourth-order valence-corrected chi connectivity index (χ4v) is 6.29. The molecule has 19 atom stereocenters. The van der Waals surface area contributed by atoms with Gasteiger partial charge in [-0.25, -0.2) is 0 Å². The molecular weight excluding hydrogens is 548 g/mol. The molecule has 1 unspecified atom stereocenters. The standard InChI is InChI=1S/C24H48N6O11/c1-6(26)10-3-9(32)14(29)21(37-10)13-7(27)2-8(28)16(33)22(13)41-24-19(36)20(12(5-31)39-24)40-23-15(30)18(35)17(34)11(4-25)38-23/h6-24,31-36H,2-5,25-30H2,1H3/t6-,7-,8+,9+,10-,11-,12+,13?,14+,15+,16-,17+,18+,19+,20+,21+,22-,23+,24-/m0/s1. The van der Waals surface area contributed by atoms with Crippen LogP contribution in [-0.4, -0.2) is 154 Å². The lowest BCUT2D eigenvalue weighted by molar-refractivity contribution is -0.280. The van der Waals surface area contributed by atoms with Crippen molar-refractivity contribution in [2.45, 2.75) is 130 Å². The van der Waals surface area contributed by atoms with Crippen LogP contribution in [0.4, 0.5) is 0 Å². The third kappa shape index (κ3) is 6.57. The molecule has 4 aliphatic rings. The van der Waals surface area contributed by atoms with Gasteiger partial charge < -0.3 is 88.7 Å². The van der Waals surface area contributed by atoms with Crippen LogP contribution in [0.1, 0.15) is 19.8 Å². The molecule has 0 spiro atoms. The van der Waals surface area contributed by atoms with Crippen molar-refractivity contribution in [1.82, 2.24) is 0 Å². The summed E-state index contributed by atoms with van der Waals surface area (Å²) in [5.41, 5.74) is 36.7. The molecule has 0 aromatic rings. The molecule has 240 valence electrons. The summed E-state index contributed by atoms with van der Waals surface area (Å²) in [6.45, 7) is 0.985. The molecule has 1 saturated carbocycles. The number of ether oxygens (including phenoxy) is 5. The van der Waals surface area contributed by atoms with E-state index in [9.17, 15) is 30.6 Å². The highest BCUT2D eigenvalue weighted by atomic mass is 16.7. The van der Waals surface area contributed by atoms with Gasteiger partial charge in [-0.05, 0) is 13.3 Å². The molecule has 4 fully saturated rings. The highest BCUT2D eigenvalue weighted by Gasteiger charge is 2.55. The Morgan fingerprint density at radius 2 is 1.39 bits per heavy atom. The quantitative estimate of drug-likeness (QED) is 0.124. The molecule has 17 nitrogen and oxygen atoms in total. The number of hydrogen-bond acceptors (Lipinski definition) is 17. The fraction of sp³-hybridized carbons (Fsp3) is 1.00. The van der Waals surface area contributed by atoms with Crippen LogP contribution in [0.25, 0.3) is 0 Å². The molecule has 0 bridgehead atoms. The third-order valence-electron chi connectivity index (χ3n) is 8.82. The van der Waals surface area contributed by atoms with Gasteiger partial charge in [0.1, 0.15) is 36.6 Å². The topological polar surface area (TPSA) is 324 Å². The zero-order valence-corrected chi connectivity index (χ0v) is 23.0. The van der Waals surface area contributed by atoms with Gasteiger partial charge in [0.15, 0.2) is 12.6 Å².